The molecule has 0 aromatic heterocycles. The zero-order valence-electron chi connectivity index (χ0n) is 16.9. The van der Waals surface area contributed by atoms with Gasteiger partial charge in [0.05, 0.1) is 11.0 Å². The first-order chi connectivity index (χ1) is 13.9. The number of nitro groups is 1. The van der Waals surface area contributed by atoms with Gasteiger partial charge in [0.25, 0.3) is 5.69 Å². The SMILES string of the molecule is Cc1cc(C)c(NCC(c2ccccc2)C(O)c2ccc([N+](=O)[O-])cc2)c(C)c1. The summed E-state index contributed by atoms with van der Waals surface area (Å²) in [6.45, 7) is 6.76. The van der Waals surface area contributed by atoms with Crippen molar-refractivity contribution in [2.45, 2.75) is 32.8 Å². The van der Waals surface area contributed by atoms with Crippen LogP contribution in [0.25, 0.3) is 0 Å². The molecule has 0 saturated carbocycles. The summed E-state index contributed by atoms with van der Waals surface area (Å²) in [5.41, 5.74) is 6.31. The Morgan fingerprint density at radius 3 is 2.07 bits per heavy atom. The van der Waals surface area contributed by atoms with Crippen LogP contribution in [0, 0.1) is 30.9 Å². The summed E-state index contributed by atoms with van der Waals surface area (Å²) in [4.78, 5) is 10.5. The average Bonchev–Trinajstić information content (AvgIpc) is 2.70. The van der Waals surface area contributed by atoms with Crippen LogP contribution in [0.5, 0.6) is 0 Å². The molecule has 0 heterocycles. The van der Waals surface area contributed by atoms with Crippen molar-refractivity contribution in [2.75, 3.05) is 11.9 Å². The topological polar surface area (TPSA) is 75.4 Å². The molecule has 5 nitrogen and oxygen atoms in total. The fraction of sp³-hybridized carbons (Fsp3) is 0.250. The number of nitro benzene ring substituents is 1. The van der Waals surface area contributed by atoms with E-state index in [1.54, 1.807) is 12.1 Å². The van der Waals surface area contributed by atoms with Gasteiger partial charge < -0.3 is 10.4 Å². The van der Waals surface area contributed by atoms with E-state index in [4.69, 9.17) is 0 Å². The molecular weight excluding hydrogens is 364 g/mol. The van der Waals surface area contributed by atoms with E-state index in [0.29, 0.717) is 12.1 Å². The van der Waals surface area contributed by atoms with Crippen LogP contribution >= 0.6 is 0 Å². The van der Waals surface area contributed by atoms with Gasteiger partial charge in [0.15, 0.2) is 0 Å². The van der Waals surface area contributed by atoms with Crippen molar-refractivity contribution in [1.29, 1.82) is 0 Å². The van der Waals surface area contributed by atoms with Crippen LogP contribution < -0.4 is 5.32 Å². The molecule has 2 atom stereocenters. The maximum atomic E-state index is 11.1. The van der Waals surface area contributed by atoms with Crippen LogP contribution in [-0.2, 0) is 0 Å². The standard InChI is InChI=1S/C24H26N2O3/c1-16-13-17(2)23(18(3)14-16)25-15-22(19-7-5-4-6-8-19)24(27)20-9-11-21(12-10-20)26(28)29/h4-14,22,24-25,27H,15H2,1-3H3. The van der Waals surface area contributed by atoms with Gasteiger partial charge in [-0.2, -0.15) is 0 Å². The number of aliphatic hydroxyl groups is 1. The van der Waals surface area contributed by atoms with Gasteiger partial charge in [0, 0.05) is 30.3 Å². The van der Waals surface area contributed by atoms with Gasteiger partial charge in [-0.1, -0.05) is 48.0 Å². The second-order valence-corrected chi connectivity index (χ2v) is 7.47. The number of nitrogens with zero attached hydrogens (tertiary/aromatic N) is 1. The Morgan fingerprint density at radius 2 is 1.52 bits per heavy atom. The summed E-state index contributed by atoms with van der Waals surface area (Å²) >= 11 is 0. The monoisotopic (exact) mass is 390 g/mol. The second-order valence-electron chi connectivity index (χ2n) is 7.47. The van der Waals surface area contributed by atoms with Crippen molar-refractivity contribution in [1.82, 2.24) is 0 Å². The molecule has 0 spiro atoms. The van der Waals surface area contributed by atoms with Gasteiger partial charge in [-0.25, -0.2) is 0 Å². The summed E-state index contributed by atoms with van der Waals surface area (Å²) in [6.07, 6.45) is -0.795. The third kappa shape index (κ3) is 4.81. The lowest BCUT2D eigenvalue weighted by Crippen LogP contribution is -2.21. The van der Waals surface area contributed by atoms with Crippen molar-refractivity contribution in [3.63, 3.8) is 0 Å². The number of nitrogens with one attached hydrogen (secondary N) is 1. The summed E-state index contributed by atoms with van der Waals surface area (Å²) in [6, 6.07) is 20.2. The normalized spacial score (nSPS) is 13.0. The Kier molecular flexibility index (Phi) is 6.29. The first-order valence-corrected chi connectivity index (χ1v) is 9.66. The molecule has 2 unspecified atom stereocenters. The average molecular weight is 390 g/mol. The van der Waals surface area contributed by atoms with Crippen molar-refractivity contribution in [3.8, 4) is 0 Å². The minimum absolute atomic E-state index is 0.0150. The molecule has 0 aliphatic heterocycles. The molecule has 0 radical (unpaired) electrons. The highest BCUT2D eigenvalue weighted by Crippen LogP contribution is 2.33. The van der Waals surface area contributed by atoms with Crippen molar-refractivity contribution < 1.29 is 10.0 Å². The molecule has 0 amide bonds. The molecule has 0 aliphatic carbocycles. The van der Waals surface area contributed by atoms with Gasteiger partial charge in [-0.3, -0.25) is 10.1 Å². The van der Waals surface area contributed by atoms with Gasteiger partial charge in [0.1, 0.15) is 0 Å². The van der Waals surface area contributed by atoms with Crippen LogP contribution in [0.4, 0.5) is 11.4 Å². The largest absolute Gasteiger partial charge is 0.388 e. The van der Waals surface area contributed by atoms with Crippen molar-refractivity contribution >= 4 is 11.4 Å². The molecule has 0 aliphatic rings. The molecule has 0 bridgehead atoms. The van der Waals surface area contributed by atoms with Gasteiger partial charge in [-0.05, 0) is 55.2 Å². The lowest BCUT2D eigenvalue weighted by atomic mass is 9.88. The summed E-state index contributed by atoms with van der Waals surface area (Å²) in [5.74, 6) is -0.210. The summed E-state index contributed by atoms with van der Waals surface area (Å²) in [5, 5.41) is 25.6. The van der Waals surface area contributed by atoms with Gasteiger partial charge >= 0.3 is 0 Å². The fourth-order valence-electron chi connectivity index (χ4n) is 3.81. The predicted octanol–water partition coefficient (Wildman–Crippen LogP) is 5.45. The zero-order valence-corrected chi connectivity index (χ0v) is 16.9. The molecule has 3 rings (SSSR count). The second kappa shape index (κ2) is 8.88. The molecule has 150 valence electrons. The third-order valence-electron chi connectivity index (χ3n) is 5.23. The Labute approximate surface area is 171 Å². The van der Waals surface area contributed by atoms with Crippen molar-refractivity contribution in [3.05, 3.63) is 105 Å². The third-order valence-corrected chi connectivity index (χ3v) is 5.23. The fourth-order valence-corrected chi connectivity index (χ4v) is 3.81. The van der Waals surface area contributed by atoms with Crippen LogP contribution in [0.15, 0.2) is 66.7 Å². The van der Waals surface area contributed by atoms with Crippen LogP contribution in [0.3, 0.4) is 0 Å². The smallest absolute Gasteiger partial charge is 0.269 e. The lowest BCUT2D eigenvalue weighted by molar-refractivity contribution is -0.384. The van der Waals surface area contributed by atoms with E-state index in [1.165, 1.54) is 28.8 Å². The molecule has 5 heteroatoms. The van der Waals surface area contributed by atoms with Gasteiger partial charge in [0.2, 0.25) is 0 Å². The minimum Gasteiger partial charge on any atom is -0.388 e. The molecule has 3 aromatic carbocycles. The van der Waals surface area contributed by atoms with E-state index in [2.05, 4.69) is 38.2 Å². The Balaban J connectivity index is 1.88. The zero-order chi connectivity index (χ0) is 21.0. The minimum atomic E-state index is -0.795. The maximum absolute atomic E-state index is 11.1. The Morgan fingerprint density at radius 1 is 0.931 bits per heavy atom. The highest BCUT2D eigenvalue weighted by molar-refractivity contribution is 5.58. The Hall–Kier alpha value is -3.18. The number of benzene rings is 3. The summed E-state index contributed by atoms with van der Waals surface area (Å²) < 4.78 is 0. The van der Waals surface area contributed by atoms with E-state index in [1.807, 2.05) is 30.3 Å². The number of hydrogen-bond donors (Lipinski definition) is 2. The van der Waals surface area contributed by atoms with Crippen LogP contribution in [-0.4, -0.2) is 16.6 Å². The van der Waals surface area contributed by atoms with Crippen LogP contribution in [0.1, 0.15) is 39.8 Å². The highest BCUT2D eigenvalue weighted by atomic mass is 16.6. The molecule has 2 N–H and O–H groups in total. The molecular formula is C24H26N2O3. The molecule has 0 saturated heterocycles. The van der Waals surface area contributed by atoms with E-state index < -0.39 is 11.0 Å². The van der Waals surface area contributed by atoms with E-state index >= 15 is 0 Å². The van der Waals surface area contributed by atoms with Crippen molar-refractivity contribution in [2.24, 2.45) is 0 Å². The molecule has 29 heavy (non-hydrogen) atoms. The first kappa shape index (κ1) is 20.6. The number of aryl methyl sites for hydroxylation is 3. The number of anilines is 1. The van der Waals surface area contributed by atoms with Gasteiger partial charge in [-0.15, -0.1) is 0 Å². The van der Waals surface area contributed by atoms with E-state index in [0.717, 1.165) is 11.3 Å². The van der Waals surface area contributed by atoms with Crippen LogP contribution in [0.2, 0.25) is 0 Å². The molecule has 3 aromatic rings. The number of hydrogen-bond acceptors (Lipinski definition) is 4. The van der Waals surface area contributed by atoms with E-state index in [-0.39, 0.29) is 11.6 Å². The highest BCUT2D eigenvalue weighted by Gasteiger charge is 2.24. The van der Waals surface area contributed by atoms with E-state index in [9.17, 15) is 15.2 Å². The lowest BCUT2D eigenvalue weighted by Gasteiger charge is -2.26. The number of aliphatic hydroxyl groups excluding tert-OH is 1. The summed E-state index contributed by atoms with van der Waals surface area (Å²) in [7, 11) is 0. The number of non-ortho nitro benzene ring substituents is 1. The first-order valence-electron chi connectivity index (χ1n) is 9.66. The molecule has 0 fully saturated rings. The Bertz CT molecular complexity index is 962. The number of rotatable bonds is 7. The quantitative estimate of drug-likeness (QED) is 0.415. The maximum Gasteiger partial charge on any atom is 0.269 e. The predicted molar refractivity (Wildman–Crippen MR) is 116 cm³/mol.